The molecule has 3 N–H and O–H groups in total. The number of unbranched alkanes of at least 4 members (excludes halogenated alkanes) is 3. The van der Waals surface area contributed by atoms with E-state index in [9.17, 15) is 4.79 Å². The smallest absolute Gasteiger partial charge is 0.224 e. The average molecular weight is 327 g/mol. The molecule has 128 valence electrons. The molecule has 1 aromatic carbocycles. The van der Waals surface area contributed by atoms with Crippen molar-refractivity contribution in [2.75, 3.05) is 11.9 Å². The van der Waals surface area contributed by atoms with Gasteiger partial charge in [0.25, 0.3) is 0 Å². The molecule has 0 radical (unpaired) electrons. The first kappa shape index (κ1) is 16.7. The zero-order valence-corrected chi connectivity index (χ0v) is 14.0. The summed E-state index contributed by atoms with van der Waals surface area (Å²) in [5.41, 5.74) is 7.25. The van der Waals surface area contributed by atoms with Crippen LogP contribution in [0.2, 0.25) is 0 Å². The van der Waals surface area contributed by atoms with Crippen LogP contribution in [0.1, 0.15) is 56.8 Å². The summed E-state index contributed by atoms with van der Waals surface area (Å²) in [5, 5.41) is 2.94. The van der Waals surface area contributed by atoms with Gasteiger partial charge >= 0.3 is 0 Å². The van der Waals surface area contributed by atoms with Crippen LogP contribution in [-0.4, -0.2) is 17.4 Å². The minimum absolute atomic E-state index is 0.0613. The highest BCUT2D eigenvalue weighted by Crippen LogP contribution is 2.40. The van der Waals surface area contributed by atoms with E-state index < -0.39 is 0 Å². The summed E-state index contributed by atoms with van der Waals surface area (Å²) in [5.74, 6) is 2.21. The Kier molecular flexibility index (Phi) is 5.64. The fraction of sp³-hybridized carbons (Fsp3) is 0.474. The van der Waals surface area contributed by atoms with Crippen LogP contribution in [0.15, 0.2) is 34.9 Å². The van der Waals surface area contributed by atoms with E-state index in [2.05, 4.69) is 10.3 Å². The lowest BCUT2D eigenvalue weighted by molar-refractivity contribution is -0.116. The average Bonchev–Trinajstić information content (AvgIpc) is 3.33. The highest BCUT2D eigenvalue weighted by Gasteiger charge is 2.28. The molecule has 1 aromatic heterocycles. The van der Waals surface area contributed by atoms with Gasteiger partial charge in [0.1, 0.15) is 0 Å². The lowest BCUT2D eigenvalue weighted by Crippen LogP contribution is -2.11. The summed E-state index contributed by atoms with van der Waals surface area (Å²) in [6.07, 6.45) is 8.78. The molecule has 0 atom stereocenters. The van der Waals surface area contributed by atoms with E-state index in [1.807, 2.05) is 24.3 Å². The van der Waals surface area contributed by atoms with Gasteiger partial charge in [0.15, 0.2) is 11.7 Å². The highest BCUT2D eigenvalue weighted by atomic mass is 16.4. The number of carbonyl (C=O) groups is 1. The molecular formula is C19H25N3O2. The predicted molar refractivity (Wildman–Crippen MR) is 94.7 cm³/mol. The number of benzene rings is 1. The zero-order valence-electron chi connectivity index (χ0n) is 14.0. The number of hydrogen-bond acceptors (Lipinski definition) is 4. The summed E-state index contributed by atoms with van der Waals surface area (Å²) < 4.78 is 5.79. The monoisotopic (exact) mass is 327 g/mol. The maximum atomic E-state index is 11.9. The van der Waals surface area contributed by atoms with Gasteiger partial charge in [0.2, 0.25) is 5.91 Å². The van der Waals surface area contributed by atoms with E-state index in [1.54, 1.807) is 6.20 Å². The van der Waals surface area contributed by atoms with Gasteiger partial charge in [-0.15, -0.1) is 0 Å². The minimum Gasteiger partial charge on any atom is -0.440 e. The van der Waals surface area contributed by atoms with E-state index in [-0.39, 0.29) is 5.91 Å². The van der Waals surface area contributed by atoms with Crippen LogP contribution in [0.3, 0.4) is 0 Å². The second-order valence-corrected chi connectivity index (χ2v) is 6.42. The molecule has 1 aliphatic rings. The molecule has 1 fully saturated rings. The third-order valence-electron chi connectivity index (χ3n) is 4.26. The molecular weight excluding hydrogens is 302 g/mol. The Balaban J connectivity index is 1.47. The van der Waals surface area contributed by atoms with E-state index >= 15 is 0 Å². The van der Waals surface area contributed by atoms with Gasteiger partial charge in [0.05, 0.1) is 6.20 Å². The number of aromatic nitrogens is 1. The van der Waals surface area contributed by atoms with Crippen molar-refractivity contribution in [2.24, 2.45) is 5.73 Å². The number of carbonyl (C=O) groups excluding carboxylic acids is 1. The maximum absolute atomic E-state index is 11.9. The Morgan fingerprint density at radius 1 is 1.17 bits per heavy atom. The normalized spacial score (nSPS) is 13.9. The maximum Gasteiger partial charge on any atom is 0.224 e. The molecule has 1 amide bonds. The Morgan fingerprint density at radius 3 is 2.62 bits per heavy atom. The van der Waals surface area contributed by atoms with Crippen LogP contribution >= 0.6 is 0 Å². The molecule has 0 saturated heterocycles. The number of rotatable bonds is 9. The van der Waals surface area contributed by atoms with E-state index in [4.69, 9.17) is 10.2 Å². The summed E-state index contributed by atoms with van der Waals surface area (Å²) in [6.45, 7) is 0.728. The highest BCUT2D eigenvalue weighted by molar-refractivity contribution is 5.90. The zero-order chi connectivity index (χ0) is 16.8. The SMILES string of the molecule is NCCCCCCC(=O)Nc1ccc(-c2cnc(C3CC3)o2)cc1. The lowest BCUT2D eigenvalue weighted by Gasteiger charge is -2.06. The summed E-state index contributed by atoms with van der Waals surface area (Å²) in [7, 11) is 0. The predicted octanol–water partition coefficient (Wildman–Crippen LogP) is 4.07. The number of amides is 1. The number of nitrogens with two attached hydrogens (primary N) is 1. The van der Waals surface area contributed by atoms with Crippen molar-refractivity contribution in [3.8, 4) is 11.3 Å². The molecule has 0 bridgehead atoms. The number of anilines is 1. The first-order chi connectivity index (χ1) is 11.8. The van der Waals surface area contributed by atoms with Crippen molar-refractivity contribution >= 4 is 11.6 Å². The molecule has 1 aliphatic carbocycles. The molecule has 5 nitrogen and oxygen atoms in total. The molecule has 0 unspecified atom stereocenters. The van der Waals surface area contributed by atoms with Crippen LogP contribution in [-0.2, 0) is 4.79 Å². The Hall–Kier alpha value is -2.14. The molecule has 24 heavy (non-hydrogen) atoms. The molecule has 3 rings (SSSR count). The van der Waals surface area contributed by atoms with Gasteiger partial charge in [-0.05, 0) is 56.5 Å². The largest absolute Gasteiger partial charge is 0.440 e. The van der Waals surface area contributed by atoms with Gasteiger partial charge in [-0.3, -0.25) is 4.79 Å². The Labute approximate surface area is 142 Å². The fourth-order valence-corrected chi connectivity index (χ4v) is 2.66. The second-order valence-electron chi connectivity index (χ2n) is 6.42. The quantitative estimate of drug-likeness (QED) is 0.680. The van der Waals surface area contributed by atoms with Crippen LogP contribution in [0.5, 0.6) is 0 Å². The van der Waals surface area contributed by atoms with Crippen LogP contribution < -0.4 is 11.1 Å². The molecule has 0 aliphatic heterocycles. The first-order valence-electron chi connectivity index (χ1n) is 8.82. The van der Waals surface area contributed by atoms with Gasteiger partial charge in [-0.2, -0.15) is 0 Å². The van der Waals surface area contributed by atoms with Crippen LogP contribution in [0.4, 0.5) is 5.69 Å². The number of oxazole rings is 1. The standard InChI is InChI=1S/C19H25N3O2/c20-12-4-2-1-3-5-18(23)22-16-10-8-14(9-11-16)17-13-21-19(24-17)15-6-7-15/h8-11,13,15H,1-7,12,20H2,(H,22,23). The Bertz CT molecular complexity index is 660. The van der Waals surface area contributed by atoms with Crippen molar-refractivity contribution in [1.29, 1.82) is 0 Å². The topological polar surface area (TPSA) is 81.2 Å². The minimum atomic E-state index is 0.0613. The summed E-state index contributed by atoms with van der Waals surface area (Å²) >= 11 is 0. The second kappa shape index (κ2) is 8.11. The van der Waals surface area contributed by atoms with Crippen molar-refractivity contribution in [3.05, 3.63) is 36.4 Å². The molecule has 5 heteroatoms. The van der Waals surface area contributed by atoms with Gasteiger partial charge in [-0.1, -0.05) is 12.8 Å². The van der Waals surface area contributed by atoms with E-state index in [0.717, 1.165) is 55.1 Å². The summed E-state index contributed by atoms with van der Waals surface area (Å²) in [4.78, 5) is 16.3. The number of nitrogens with zero attached hydrogens (tertiary/aromatic N) is 1. The van der Waals surface area contributed by atoms with Crippen molar-refractivity contribution in [2.45, 2.75) is 50.9 Å². The lowest BCUT2D eigenvalue weighted by atomic mass is 10.1. The summed E-state index contributed by atoms with van der Waals surface area (Å²) in [6, 6.07) is 7.71. The van der Waals surface area contributed by atoms with Crippen LogP contribution in [0, 0.1) is 0 Å². The molecule has 1 heterocycles. The molecule has 2 aromatic rings. The third-order valence-corrected chi connectivity index (χ3v) is 4.26. The van der Waals surface area contributed by atoms with Gasteiger partial charge < -0.3 is 15.5 Å². The molecule has 1 saturated carbocycles. The van der Waals surface area contributed by atoms with Gasteiger partial charge in [-0.25, -0.2) is 4.98 Å². The first-order valence-corrected chi connectivity index (χ1v) is 8.82. The van der Waals surface area contributed by atoms with Crippen LogP contribution in [0.25, 0.3) is 11.3 Å². The van der Waals surface area contributed by atoms with Crippen molar-refractivity contribution in [3.63, 3.8) is 0 Å². The Morgan fingerprint density at radius 2 is 1.92 bits per heavy atom. The van der Waals surface area contributed by atoms with Gasteiger partial charge in [0, 0.05) is 23.6 Å². The van der Waals surface area contributed by atoms with Crippen molar-refractivity contribution in [1.82, 2.24) is 4.98 Å². The van der Waals surface area contributed by atoms with Crippen molar-refractivity contribution < 1.29 is 9.21 Å². The van der Waals surface area contributed by atoms with E-state index in [1.165, 1.54) is 12.8 Å². The fourth-order valence-electron chi connectivity index (χ4n) is 2.66. The number of nitrogens with one attached hydrogen (secondary N) is 1. The molecule has 0 spiro atoms. The third kappa shape index (κ3) is 4.68. The van der Waals surface area contributed by atoms with E-state index in [0.29, 0.717) is 12.3 Å². The number of hydrogen-bond donors (Lipinski definition) is 2.